The topological polar surface area (TPSA) is 40.5 Å². The van der Waals surface area contributed by atoms with Crippen molar-refractivity contribution in [2.75, 3.05) is 6.54 Å². The summed E-state index contributed by atoms with van der Waals surface area (Å²) in [4.78, 5) is 13.1. The van der Waals surface area contributed by atoms with E-state index in [0.717, 1.165) is 11.1 Å². The van der Waals surface area contributed by atoms with E-state index in [1.165, 1.54) is 12.1 Å². The van der Waals surface area contributed by atoms with Gasteiger partial charge in [-0.15, -0.1) is 0 Å². The average Bonchev–Trinajstić information content (AvgIpc) is 2.29. The number of halogens is 1. The van der Waals surface area contributed by atoms with Crippen LogP contribution in [0.3, 0.4) is 0 Å². The third kappa shape index (κ3) is 3.07. The zero-order chi connectivity index (χ0) is 13.9. The zero-order valence-electron chi connectivity index (χ0n) is 11.3. The number of nitrogens with zero attached hydrogens (tertiary/aromatic N) is 1. The first kappa shape index (κ1) is 14.6. The zero-order valence-corrected chi connectivity index (χ0v) is 11.3. The summed E-state index contributed by atoms with van der Waals surface area (Å²) in [5.74, 6) is -1.17. The van der Waals surface area contributed by atoms with E-state index in [1.54, 1.807) is 19.9 Å². The third-order valence-electron chi connectivity index (χ3n) is 3.37. The number of aliphatic carboxylic acids is 1. The van der Waals surface area contributed by atoms with Crippen molar-refractivity contribution in [3.05, 3.63) is 35.1 Å². The van der Waals surface area contributed by atoms with Crippen LogP contribution < -0.4 is 0 Å². The second-order valence-corrected chi connectivity index (χ2v) is 4.95. The lowest BCUT2D eigenvalue weighted by atomic mass is 10.0. The molecular weight excluding hydrogens is 233 g/mol. The Morgan fingerprint density at radius 3 is 2.56 bits per heavy atom. The first-order valence-corrected chi connectivity index (χ1v) is 6.02. The maximum atomic E-state index is 13.2. The Kier molecular flexibility index (Phi) is 4.46. The number of hydrogen-bond donors (Lipinski definition) is 1. The monoisotopic (exact) mass is 253 g/mol. The fourth-order valence-electron chi connectivity index (χ4n) is 1.86. The highest BCUT2D eigenvalue weighted by Gasteiger charge is 2.33. The predicted octanol–water partition coefficient (Wildman–Crippen LogP) is 2.82. The van der Waals surface area contributed by atoms with Crippen LogP contribution in [-0.4, -0.2) is 28.1 Å². The van der Waals surface area contributed by atoms with E-state index >= 15 is 0 Å². The smallest absolute Gasteiger partial charge is 0.323 e. The molecule has 0 spiro atoms. The van der Waals surface area contributed by atoms with Crippen molar-refractivity contribution in [2.45, 2.75) is 39.8 Å². The molecule has 0 saturated carbocycles. The average molecular weight is 253 g/mol. The first-order valence-electron chi connectivity index (χ1n) is 6.02. The SMILES string of the molecule is CCN(Cc1cc(F)ccc1C)C(C)(C)C(=O)O. The molecule has 1 rings (SSSR count). The maximum absolute atomic E-state index is 13.2. The second kappa shape index (κ2) is 5.48. The Morgan fingerprint density at radius 1 is 1.44 bits per heavy atom. The number of carboxylic acids is 1. The summed E-state index contributed by atoms with van der Waals surface area (Å²) < 4.78 is 13.2. The molecule has 0 aliphatic rings. The lowest BCUT2D eigenvalue weighted by molar-refractivity contribution is -0.149. The molecular formula is C14H20FNO2. The van der Waals surface area contributed by atoms with E-state index < -0.39 is 11.5 Å². The Labute approximate surface area is 107 Å². The van der Waals surface area contributed by atoms with Gasteiger partial charge in [0.15, 0.2) is 0 Å². The molecule has 4 heteroatoms. The molecule has 1 N–H and O–H groups in total. The van der Waals surface area contributed by atoms with Gasteiger partial charge in [-0.1, -0.05) is 13.0 Å². The van der Waals surface area contributed by atoms with Crippen molar-refractivity contribution in [1.82, 2.24) is 4.90 Å². The number of carboxylic acid groups (broad SMARTS) is 1. The third-order valence-corrected chi connectivity index (χ3v) is 3.37. The molecule has 0 fully saturated rings. The van der Waals surface area contributed by atoms with Crippen molar-refractivity contribution < 1.29 is 14.3 Å². The first-order chi connectivity index (χ1) is 8.28. The summed E-state index contributed by atoms with van der Waals surface area (Å²) in [6, 6.07) is 4.60. The lowest BCUT2D eigenvalue weighted by Crippen LogP contribution is -2.49. The number of likely N-dealkylation sites (N-methyl/N-ethyl adjacent to an activating group) is 1. The number of aryl methyl sites for hydroxylation is 1. The summed E-state index contributed by atoms with van der Waals surface area (Å²) in [6.45, 7) is 8.14. The molecule has 100 valence electrons. The van der Waals surface area contributed by atoms with Gasteiger partial charge in [-0.25, -0.2) is 4.39 Å². The van der Waals surface area contributed by atoms with Crippen LogP contribution in [0.15, 0.2) is 18.2 Å². The van der Waals surface area contributed by atoms with Crippen LogP contribution in [0.25, 0.3) is 0 Å². The largest absolute Gasteiger partial charge is 0.480 e. The van der Waals surface area contributed by atoms with Crippen molar-refractivity contribution in [3.63, 3.8) is 0 Å². The Morgan fingerprint density at radius 2 is 2.06 bits per heavy atom. The molecule has 3 nitrogen and oxygen atoms in total. The summed E-state index contributed by atoms with van der Waals surface area (Å²) in [5.41, 5.74) is 0.829. The number of benzene rings is 1. The van der Waals surface area contributed by atoms with E-state index in [0.29, 0.717) is 13.1 Å². The van der Waals surface area contributed by atoms with Crippen LogP contribution in [-0.2, 0) is 11.3 Å². The molecule has 0 radical (unpaired) electrons. The Balaban J connectivity index is 3.00. The molecule has 1 aromatic carbocycles. The van der Waals surface area contributed by atoms with Crippen molar-refractivity contribution >= 4 is 5.97 Å². The quantitative estimate of drug-likeness (QED) is 0.877. The van der Waals surface area contributed by atoms with Gasteiger partial charge in [0.25, 0.3) is 0 Å². The maximum Gasteiger partial charge on any atom is 0.323 e. The number of carbonyl (C=O) groups is 1. The fourth-order valence-corrected chi connectivity index (χ4v) is 1.86. The molecule has 0 atom stereocenters. The minimum atomic E-state index is -0.965. The van der Waals surface area contributed by atoms with Crippen LogP contribution in [0.5, 0.6) is 0 Å². The molecule has 0 aromatic heterocycles. The Bertz CT molecular complexity index is 443. The summed E-state index contributed by atoms with van der Waals surface area (Å²) >= 11 is 0. The fraction of sp³-hybridized carbons (Fsp3) is 0.500. The van der Waals surface area contributed by atoms with E-state index in [-0.39, 0.29) is 5.82 Å². The van der Waals surface area contributed by atoms with E-state index in [2.05, 4.69) is 0 Å². The van der Waals surface area contributed by atoms with Crippen LogP contribution in [0, 0.1) is 12.7 Å². The van der Waals surface area contributed by atoms with Crippen LogP contribution in [0.4, 0.5) is 4.39 Å². The van der Waals surface area contributed by atoms with E-state index in [1.807, 2.05) is 18.7 Å². The highest BCUT2D eigenvalue weighted by Crippen LogP contribution is 2.20. The molecule has 0 heterocycles. The van der Waals surface area contributed by atoms with E-state index in [4.69, 9.17) is 0 Å². The Hall–Kier alpha value is -1.42. The number of hydrogen-bond acceptors (Lipinski definition) is 2. The molecule has 0 amide bonds. The molecule has 0 aliphatic carbocycles. The summed E-state index contributed by atoms with van der Waals surface area (Å²) in [6.07, 6.45) is 0. The van der Waals surface area contributed by atoms with Gasteiger partial charge in [0.2, 0.25) is 0 Å². The molecule has 1 aromatic rings. The number of rotatable bonds is 5. The van der Waals surface area contributed by atoms with Gasteiger partial charge in [0, 0.05) is 6.54 Å². The molecule has 0 saturated heterocycles. The normalized spacial score (nSPS) is 11.9. The highest BCUT2D eigenvalue weighted by molar-refractivity contribution is 5.77. The van der Waals surface area contributed by atoms with Gasteiger partial charge in [-0.05, 0) is 50.6 Å². The minimum Gasteiger partial charge on any atom is -0.480 e. The van der Waals surface area contributed by atoms with Crippen molar-refractivity contribution in [3.8, 4) is 0 Å². The molecule has 0 bridgehead atoms. The minimum absolute atomic E-state index is 0.292. The van der Waals surface area contributed by atoms with Gasteiger partial charge in [-0.3, -0.25) is 9.69 Å². The molecule has 18 heavy (non-hydrogen) atoms. The second-order valence-electron chi connectivity index (χ2n) is 4.95. The van der Waals surface area contributed by atoms with Crippen LogP contribution >= 0.6 is 0 Å². The molecule has 0 aliphatic heterocycles. The van der Waals surface area contributed by atoms with Gasteiger partial charge >= 0.3 is 5.97 Å². The van der Waals surface area contributed by atoms with E-state index in [9.17, 15) is 14.3 Å². The summed E-state index contributed by atoms with van der Waals surface area (Å²) in [7, 11) is 0. The van der Waals surface area contributed by atoms with Crippen molar-refractivity contribution in [2.24, 2.45) is 0 Å². The lowest BCUT2D eigenvalue weighted by Gasteiger charge is -2.34. The van der Waals surface area contributed by atoms with Gasteiger partial charge < -0.3 is 5.11 Å². The van der Waals surface area contributed by atoms with Crippen molar-refractivity contribution in [1.29, 1.82) is 0 Å². The molecule has 0 unspecified atom stereocenters. The standard InChI is InChI=1S/C14H20FNO2/c1-5-16(14(3,4)13(17)18)9-11-8-12(15)7-6-10(11)2/h6-8H,5,9H2,1-4H3,(H,17,18). The predicted molar refractivity (Wildman–Crippen MR) is 68.9 cm³/mol. The van der Waals surface area contributed by atoms with Gasteiger partial charge in [-0.2, -0.15) is 0 Å². The van der Waals surface area contributed by atoms with Crippen LogP contribution in [0.1, 0.15) is 31.9 Å². The van der Waals surface area contributed by atoms with Gasteiger partial charge in [0.05, 0.1) is 0 Å². The van der Waals surface area contributed by atoms with Crippen LogP contribution in [0.2, 0.25) is 0 Å². The summed E-state index contributed by atoms with van der Waals surface area (Å²) in [5, 5.41) is 9.23. The van der Waals surface area contributed by atoms with Gasteiger partial charge in [0.1, 0.15) is 11.4 Å². The highest BCUT2D eigenvalue weighted by atomic mass is 19.1.